The highest BCUT2D eigenvalue weighted by atomic mass is 79.9. The van der Waals surface area contributed by atoms with Gasteiger partial charge in [-0.1, -0.05) is 75.6 Å². The fourth-order valence-corrected chi connectivity index (χ4v) is 2.83. The van der Waals surface area contributed by atoms with Crippen LogP contribution in [0.15, 0.2) is 48.5 Å². The third kappa shape index (κ3) is 3.46. The molecular weight excluding hydrogens is 284 g/mol. The van der Waals surface area contributed by atoms with Crippen LogP contribution in [-0.2, 0) is 6.42 Å². The lowest BCUT2D eigenvalue weighted by molar-refractivity contribution is 0.774. The Bertz CT molecular complexity index is 499. The van der Waals surface area contributed by atoms with Gasteiger partial charge in [-0.15, -0.1) is 0 Å². The molecule has 0 bridgehead atoms. The molecule has 0 heterocycles. The lowest BCUT2D eigenvalue weighted by Gasteiger charge is -2.15. The van der Waals surface area contributed by atoms with Crippen LogP contribution in [0, 0.1) is 13.8 Å². The first-order chi connectivity index (χ1) is 8.69. The Hall–Kier alpha value is -1.08. The van der Waals surface area contributed by atoms with Gasteiger partial charge in [-0.05, 0) is 37.3 Å². The van der Waals surface area contributed by atoms with Gasteiger partial charge in [0.15, 0.2) is 0 Å². The molecule has 0 aliphatic rings. The predicted molar refractivity (Wildman–Crippen MR) is 82.6 cm³/mol. The van der Waals surface area contributed by atoms with Gasteiger partial charge in [-0.2, -0.15) is 0 Å². The molecule has 0 fully saturated rings. The van der Waals surface area contributed by atoms with Gasteiger partial charge in [-0.3, -0.25) is 0 Å². The van der Waals surface area contributed by atoms with E-state index in [1.165, 1.54) is 22.3 Å². The van der Waals surface area contributed by atoms with Gasteiger partial charge in [0.1, 0.15) is 0 Å². The summed E-state index contributed by atoms with van der Waals surface area (Å²) >= 11 is 3.65. The summed E-state index contributed by atoms with van der Waals surface area (Å²) in [6.07, 6.45) is 1.09. The minimum Gasteiger partial charge on any atom is -0.0921 e. The largest absolute Gasteiger partial charge is 0.0921 e. The Balaban J connectivity index is 2.17. The van der Waals surface area contributed by atoms with Crippen molar-refractivity contribution in [2.24, 2.45) is 0 Å². The van der Waals surface area contributed by atoms with Crippen LogP contribution in [0.3, 0.4) is 0 Å². The van der Waals surface area contributed by atoms with Crippen molar-refractivity contribution in [2.45, 2.75) is 26.2 Å². The molecule has 94 valence electrons. The van der Waals surface area contributed by atoms with Gasteiger partial charge in [-0.25, -0.2) is 0 Å². The minimum atomic E-state index is 0.549. The molecule has 0 spiro atoms. The molecule has 2 rings (SSSR count). The normalized spacial score (nSPS) is 12.4. The lowest BCUT2D eigenvalue weighted by Crippen LogP contribution is -2.04. The van der Waals surface area contributed by atoms with Gasteiger partial charge >= 0.3 is 0 Å². The zero-order valence-electron chi connectivity index (χ0n) is 11.0. The molecule has 2 aromatic rings. The Morgan fingerprint density at radius 2 is 1.67 bits per heavy atom. The van der Waals surface area contributed by atoms with Crippen LogP contribution < -0.4 is 0 Å². The molecule has 1 atom stereocenters. The quantitative estimate of drug-likeness (QED) is 0.695. The molecule has 0 aliphatic carbocycles. The second kappa shape index (κ2) is 6.19. The van der Waals surface area contributed by atoms with Gasteiger partial charge < -0.3 is 0 Å². The molecule has 18 heavy (non-hydrogen) atoms. The van der Waals surface area contributed by atoms with Crippen LogP contribution in [0.4, 0.5) is 0 Å². The second-order valence-electron chi connectivity index (χ2n) is 4.96. The van der Waals surface area contributed by atoms with Crippen molar-refractivity contribution in [3.8, 4) is 0 Å². The minimum absolute atomic E-state index is 0.549. The summed E-state index contributed by atoms with van der Waals surface area (Å²) in [4.78, 5) is 0. The number of rotatable bonds is 4. The molecular formula is C17H19Br. The smallest absolute Gasteiger partial charge is 0.0103 e. The zero-order valence-corrected chi connectivity index (χ0v) is 12.6. The SMILES string of the molecule is Cc1ccc(C(CBr)Cc2cccc(C)c2)cc1. The number of aryl methyl sites for hydroxylation is 2. The van der Waals surface area contributed by atoms with E-state index in [9.17, 15) is 0 Å². The van der Waals surface area contributed by atoms with Crippen molar-refractivity contribution in [2.75, 3.05) is 5.33 Å². The highest BCUT2D eigenvalue weighted by Gasteiger charge is 2.10. The molecule has 0 aliphatic heterocycles. The number of halogens is 1. The van der Waals surface area contributed by atoms with E-state index in [-0.39, 0.29) is 0 Å². The molecule has 0 nitrogen and oxygen atoms in total. The topological polar surface area (TPSA) is 0 Å². The summed E-state index contributed by atoms with van der Waals surface area (Å²) in [5.74, 6) is 0.549. The van der Waals surface area contributed by atoms with E-state index in [4.69, 9.17) is 0 Å². The van der Waals surface area contributed by atoms with Crippen molar-refractivity contribution < 1.29 is 0 Å². The maximum atomic E-state index is 3.65. The number of hydrogen-bond donors (Lipinski definition) is 0. The van der Waals surface area contributed by atoms with Gasteiger partial charge in [0.25, 0.3) is 0 Å². The molecule has 0 aromatic heterocycles. The van der Waals surface area contributed by atoms with Crippen molar-refractivity contribution >= 4 is 15.9 Å². The molecule has 1 unspecified atom stereocenters. The molecule has 0 radical (unpaired) electrons. The van der Waals surface area contributed by atoms with Gasteiger partial charge in [0.05, 0.1) is 0 Å². The van der Waals surface area contributed by atoms with E-state index in [2.05, 4.69) is 78.3 Å². The second-order valence-corrected chi connectivity index (χ2v) is 5.60. The van der Waals surface area contributed by atoms with E-state index in [1.807, 2.05) is 0 Å². The summed E-state index contributed by atoms with van der Waals surface area (Å²) < 4.78 is 0. The Labute approximate surface area is 118 Å². The Morgan fingerprint density at radius 1 is 0.944 bits per heavy atom. The summed E-state index contributed by atoms with van der Waals surface area (Å²) in [5.41, 5.74) is 5.49. The van der Waals surface area contributed by atoms with Crippen molar-refractivity contribution in [1.82, 2.24) is 0 Å². The fraction of sp³-hybridized carbons (Fsp3) is 0.294. The molecule has 2 aromatic carbocycles. The van der Waals surface area contributed by atoms with Crippen molar-refractivity contribution in [3.63, 3.8) is 0 Å². The molecule has 0 saturated heterocycles. The summed E-state index contributed by atoms with van der Waals surface area (Å²) in [7, 11) is 0. The Morgan fingerprint density at radius 3 is 2.28 bits per heavy atom. The van der Waals surface area contributed by atoms with Crippen LogP contribution in [0.1, 0.15) is 28.2 Å². The Kier molecular flexibility index (Phi) is 4.60. The van der Waals surface area contributed by atoms with E-state index in [0.29, 0.717) is 5.92 Å². The highest BCUT2D eigenvalue weighted by Crippen LogP contribution is 2.23. The van der Waals surface area contributed by atoms with E-state index in [0.717, 1.165) is 11.8 Å². The first-order valence-electron chi connectivity index (χ1n) is 6.37. The fourth-order valence-electron chi connectivity index (χ4n) is 2.22. The maximum Gasteiger partial charge on any atom is 0.0103 e. The number of benzene rings is 2. The van der Waals surface area contributed by atoms with Crippen LogP contribution >= 0.6 is 15.9 Å². The van der Waals surface area contributed by atoms with Crippen LogP contribution in [0.2, 0.25) is 0 Å². The molecule has 0 N–H and O–H groups in total. The van der Waals surface area contributed by atoms with Crippen LogP contribution in [0.5, 0.6) is 0 Å². The first kappa shape index (κ1) is 13.4. The van der Waals surface area contributed by atoms with E-state index in [1.54, 1.807) is 0 Å². The average Bonchev–Trinajstić information content (AvgIpc) is 2.37. The summed E-state index contributed by atoms with van der Waals surface area (Å²) in [5, 5.41) is 1.00. The monoisotopic (exact) mass is 302 g/mol. The molecule has 0 amide bonds. The van der Waals surface area contributed by atoms with Crippen molar-refractivity contribution in [1.29, 1.82) is 0 Å². The average molecular weight is 303 g/mol. The standard InChI is InChI=1S/C17H19Br/c1-13-6-8-16(9-7-13)17(12-18)11-15-5-3-4-14(2)10-15/h3-10,17H,11-12H2,1-2H3. The van der Waals surface area contributed by atoms with Gasteiger partial charge in [0, 0.05) is 5.33 Å². The first-order valence-corrected chi connectivity index (χ1v) is 7.49. The zero-order chi connectivity index (χ0) is 13.0. The lowest BCUT2D eigenvalue weighted by atomic mass is 9.92. The third-order valence-corrected chi connectivity index (χ3v) is 4.08. The summed E-state index contributed by atoms with van der Waals surface area (Å²) in [6, 6.07) is 17.7. The maximum absolute atomic E-state index is 3.65. The third-order valence-electron chi connectivity index (χ3n) is 3.30. The number of hydrogen-bond acceptors (Lipinski definition) is 0. The highest BCUT2D eigenvalue weighted by molar-refractivity contribution is 9.09. The van der Waals surface area contributed by atoms with Crippen LogP contribution in [0.25, 0.3) is 0 Å². The predicted octanol–water partition coefficient (Wildman–Crippen LogP) is 5.02. The molecule has 0 saturated carbocycles. The van der Waals surface area contributed by atoms with Gasteiger partial charge in [0.2, 0.25) is 0 Å². The van der Waals surface area contributed by atoms with E-state index >= 15 is 0 Å². The van der Waals surface area contributed by atoms with E-state index < -0.39 is 0 Å². The summed E-state index contributed by atoms with van der Waals surface area (Å²) in [6.45, 7) is 4.28. The number of alkyl halides is 1. The molecule has 1 heteroatoms. The van der Waals surface area contributed by atoms with Crippen LogP contribution in [-0.4, -0.2) is 5.33 Å². The van der Waals surface area contributed by atoms with Crippen molar-refractivity contribution in [3.05, 3.63) is 70.8 Å².